The molecule has 1 aliphatic heterocycles. The summed E-state index contributed by atoms with van der Waals surface area (Å²) < 4.78 is 27.8. The zero-order chi connectivity index (χ0) is 16.3. The van der Waals surface area contributed by atoms with Crippen LogP contribution in [-0.4, -0.2) is 32.4 Å². The molecule has 1 aromatic heterocycles. The predicted molar refractivity (Wildman–Crippen MR) is 94.1 cm³/mol. The number of rotatable bonds is 5. The minimum atomic E-state index is -3.35. The van der Waals surface area contributed by atoms with Crippen LogP contribution in [0, 0.1) is 6.92 Å². The van der Waals surface area contributed by atoms with Crippen molar-refractivity contribution < 1.29 is 8.42 Å². The number of nitrogens with zero attached hydrogens (tertiary/aromatic N) is 1. The van der Waals surface area contributed by atoms with E-state index >= 15 is 0 Å². The second kappa shape index (κ2) is 7.13. The van der Waals surface area contributed by atoms with Crippen LogP contribution in [0.15, 0.2) is 46.0 Å². The molecule has 0 radical (unpaired) electrons. The molecule has 2 heterocycles. The van der Waals surface area contributed by atoms with Gasteiger partial charge in [0.25, 0.3) is 0 Å². The lowest BCUT2D eigenvalue weighted by Gasteiger charge is -2.32. The Morgan fingerprint density at radius 1 is 1.22 bits per heavy atom. The maximum absolute atomic E-state index is 12.3. The van der Waals surface area contributed by atoms with Crippen molar-refractivity contribution in [3.05, 3.63) is 52.9 Å². The van der Waals surface area contributed by atoms with Crippen molar-refractivity contribution >= 4 is 21.4 Å². The molecule has 0 saturated carbocycles. The van der Waals surface area contributed by atoms with Crippen molar-refractivity contribution in [1.29, 1.82) is 0 Å². The van der Waals surface area contributed by atoms with Gasteiger partial charge >= 0.3 is 0 Å². The van der Waals surface area contributed by atoms with Crippen molar-refractivity contribution in [2.45, 2.75) is 36.6 Å². The third-order valence-corrected chi connectivity index (χ3v) is 7.08. The Bertz CT molecular complexity index is 734. The molecule has 1 aromatic carbocycles. The summed E-state index contributed by atoms with van der Waals surface area (Å²) in [6.07, 6.45) is 1.72. The molecule has 1 fully saturated rings. The van der Waals surface area contributed by atoms with Crippen LogP contribution in [0.2, 0.25) is 0 Å². The average Bonchev–Trinajstić information content (AvgIpc) is 3.04. The first-order valence-corrected chi connectivity index (χ1v) is 10.2. The molecule has 0 aliphatic carbocycles. The Labute approximate surface area is 142 Å². The van der Waals surface area contributed by atoms with Gasteiger partial charge in [-0.25, -0.2) is 13.1 Å². The Hall–Kier alpha value is -1.21. The summed E-state index contributed by atoms with van der Waals surface area (Å²) in [5, 5.41) is 1.79. The number of thiophene rings is 1. The van der Waals surface area contributed by atoms with Gasteiger partial charge in [-0.1, -0.05) is 35.9 Å². The van der Waals surface area contributed by atoms with Gasteiger partial charge in [-0.2, -0.15) is 0 Å². The molecular formula is C17H22N2O2S2. The van der Waals surface area contributed by atoms with E-state index in [1.54, 1.807) is 17.5 Å². The Kier molecular flexibility index (Phi) is 5.16. The molecule has 0 amide bonds. The summed E-state index contributed by atoms with van der Waals surface area (Å²) in [4.78, 5) is 2.39. The number of nitrogens with one attached hydrogen (secondary N) is 1. The zero-order valence-corrected chi connectivity index (χ0v) is 14.9. The molecule has 0 unspecified atom stereocenters. The van der Waals surface area contributed by atoms with Gasteiger partial charge in [-0.05, 0) is 36.8 Å². The second-order valence-corrected chi connectivity index (χ2v) is 8.98. The monoisotopic (exact) mass is 350 g/mol. The molecule has 0 bridgehead atoms. The highest BCUT2D eigenvalue weighted by atomic mass is 32.2. The molecule has 0 atom stereocenters. The lowest BCUT2D eigenvalue weighted by Crippen LogP contribution is -2.44. The van der Waals surface area contributed by atoms with Crippen LogP contribution in [0.4, 0.5) is 0 Å². The van der Waals surface area contributed by atoms with Gasteiger partial charge in [0.05, 0.1) is 0 Å². The maximum atomic E-state index is 12.3. The minimum absolute atomic E-state index is 0.0378. The van der Waals surface area contributed by atoms with Crippen molar-refractivity contribution in [2.75, 3.05) is 13.1 Å². The quantitative estimate of drug-likeness (QED) is 0.902. The highest BCUT2D eigenvalue weighted by molar-refractivity contribution is 7.91. The molecule has 1 aliphatic rings. The molecule has 2 aromatic rings. The molecule has 6 heteroatoms. The van der Waals surface area contributed by atoms with Crippen LogP contribution in [0.5, 0.6) is 0 Å². The van der Waals surface area contributed by atoms with Crippen molar-refractivity contribution in [3.8, 4) is 0 Å². The van der Waals surface area contributed by atoms with Gasteiger partial charge in [0.15, 0.2) is 0 Å². The molecule has 1 saturated heterocycles. The van der Waals surface area contributed by atoms with Gasteiger partial charge < -0.3 is 0 Å². The molecule has 1 N–H and O–H groups in total. The van der Waals surface area contributed by atoms with Gasteiger partial charge in [0.1, 0.15) is 4.21 Å². The number of benzene rings is 1. The number of likely N-dealkylation sites (tertiary alicyclic amines) is 1. The Balaban J connectivity index is 1.53. The lowest BCUT2D eigenvalue weighted by molar-refractivity contribution is 0.200. The molecule has 4 nitrogen and oxygen atoms in total. The number of sulfonamides is 1. The Morgan fingerprint density at radius 2 is 2.00 bits per heavy atom. The van der Waals surface area contributed by atoms with Gasteiger partial charge in [0.2, 0.25) is 10.0 Å². The average molecular weight is 351 g/mol. The van der Waals surface area contributed by atoms with E-state index in [1.807, 2.05) is 0 Å². The first kappa shape index (κ1) is 16.6. The second-order valence-electron chi connectivity index (χ2n) is 6.09. The van der Waals surface area contributed by atoms with Crippen LogP contribution < -0.4 is 4.72 Å². The van der Waals surface area contributed by atoms with E-state index in [4.69, 9.17) is 0 Å². The minimum Gasteiger partial charge on any atom is -0.299 e. The summed E-state index contributed by atoms with van der Waals surface area (Å²) in [6.45, 7) is 4.89. The van der Waals surface area contributed by atoms with Gasteiger partial charge in [-0.3, -0.25) is 4.90 Å². The first-order chi connectivity index (χ1) is 11.0. The molecule has 124 valence electrons. The van der Waals surface area contributed by atoms with Crippen molar-refractivity contribution in [3.63, 3.8) is 0 Å². The van der Waals surface area contributed by atoms with E-state index in [0.29, 0.717) is 4.21 Å². The largest absolute Gasteiger partial charge is 0.299 e. The van der Waals surface area contributed by atoms with E-state index < -0.39 is 10.0 Å². The lowest BCUT2D eigenvalue weighted by atomic mass is 10.0. The first-order valence-electron chi connectivity index (χ1n) is 7.87. The van der Waals surface area contributed by atoms with Gasteiger partial charge in [-0.15, -0.1) is 11.3 Å². The number of piperidine rings is 1. The SMILES string of the molecule is Cc1cccc(CN2CCC(NS(=O)(=O)c3cccs3)CC2)c1. The van der Waals surface area contributed by atoms with E-state index in [0.717, 1.165) is 32.5 Å². The van der Waals surface area contributed by atoms with Crippen molar-refractivity contribution in [2.24, 2.45) is 0 Å². The normalized spacial score (nSPS) is 17.4. The number of hydrogen-bond donors (Lipinski definition) is 1. The molecular weight excluding hydrogens is 328 g/mol. The summed E-state index contributed by atoms with van der Waals surface area (Å²) in [5.74, 6) is 0. The van der Waals surface area contributed by atoms with Crippen LogP contribution in [0.25, 0.3) is 0 Å². The fraction of sp³-hybridized carbons (Fsp3) is 0.412. The summed E-state index contributed by atoms with van der Waals surface area (Å²) in [7, 11) is -3.35. The fourth-order valence-corrected chi connectivity index (χ4v) is 5.29. The fourth-order valence-electron chi connectivity index (χ4n) is 2.97. The van der Waals surface area contributed by atoms with E-state index in [2.05, 4.69) is 40.8 Å². The molecule has 23 heavy (non-hydrogen) atoms. The van der Waals surface area contributed by atoms with Crippen LogP contribution in [-0.2, 0) is 16.6 Å². The van der Waals surface area contributed by atoms with Crippen LogP contribution >= 0.6 is 11.3 Å². The summed E-state index contributed by atoms with van der Waals surface area (Å²) in [6, 6.07) is 12.0. The third-order valence-electron chi connectivity index (χ3n) is 4.16. The summed E-state index contributed by atoms with van der Waals surface area (Å²) in [5.41, 5.74) is 2.60. The maximum Gasteiger partial charge on any atom is 0.250 e. The summed E-state index contributed by atoms with van der Waals surface area (Å²) >= 11 is 1.26. The van der Waals surface area contributed by atoms with Crippen molar-refractivity contribution in [1.82, 2.24) is 9.62 Å². The predicted octanol–water partition coefficient (Wildman–Crippen LogP) is 3.00. The highest BCUT2D eigenvalue weighted by Crippen LogP contribution is 2.19. The third kappa shape index (κ3) is 4.41. The number of hydrogen-bond acceptors (Lipinski definition) is 4. The van der Waals surface area contributed by atoms with E-state index in [-0.39, 0.29) is 6.04 Å². The Morgan fingerprint density at radius 3 is 2.65 bits per heavy atom. The van der Waals surface area contributed by atoms with E-state index in [1.165, 1.54) is 22.5 Å². The highest BCUT2D eigenvalue weighted by Gasteiger charge is 2.25. The van der Waals surface area contributed by atoms with E-state index in [9.17, 15) is 8.42 Å². The van der Waals surface area contributed by atoms with Gasteiger partial charge in [0, 0.05) is 25.7 Å². The molecule has 0 spiro atoms. The topological polar surface area (TPSA) is 49.4 Å². The smallest absolute Gasteiger partial charge is 0.250 e. The molecule has 3 rings (SSSR count). The zero-order valence-electron chi connectivity index (χ0n) is 13.2. The number of aryl methyl sites for hydroxylation is 1. The van der Waals surface area contributed by atoms with Crippen LogP contribution in [0.3, 0.4) is 0 Å². The standard InChI is InChI=1S/C17H22N2O2S2/c1-14-4-2-5-15(12-14)13-19-9-7-16(8-10-19)18-23(20,21)17-6-3-11-22-17/h2-6,11-12,16,18H,7-10,13H2,1H3. The van der Waals surface area contributed by atoms with Crippen LogP contribution in [0.1, 0.15) is 24.0 Å².